The van der Waals surface area contributed by atoms with E-state index < -0.39 is 0 Å². The second kappa shape index (κ2) is 4.08. The Morgan fingerprint density at radius 3 is 3.07 bits per heavy atom. The molecular weight excluding hydrogens is 302 g/mol. The molecule has 2 rings (SSSR count). The van der Waals surface area contributed by atoms with E-state index in [0.29, 0.717) is 14.5 Å². The van der Waals surface area contributed by atoms with E-state index in [1.807, 2.05) is 0 Å². The van der Waals surface area contributed by atoms with Crippen LogP contribution in [0.25, 0.3) is 10.1 Å². The van der Waals surface area contributed by atoms with Crippen LogP contribution in [0.4, 0.5) is 0 Å². The van der Waals surface area contributed by atoms with Gasteiger partial charge in [-0.1, -0.05) is 11.6 Å². The van der Waals surface area contributed by atoms with Gasteiger partial charge in [0.2, 0.25) is 0 Å². The van der Waals surface area contributed by atoms with Crippen molar-refractivity contribution >= 4 is 54.9 Å². The summed E-state index contributed by atoms with van der Waals surface area (Å²) in [7, 11) is 1.35. The molecule has 0 aliphatic carbocycles. The van der Waals surface area contributed by atoms with Gasteiger partial charge in [0.05, 0.1) is 16.3 Å². The highest BCUT2D eigenvalue weighted by Gasteiger charge is 2.13. The number of carbonyl (C=O) groups excluding carboxylic acids is 1. The summed E-state index contributed by atoms with van der Waals surface area (Å²) in [6.45, 7) is 0. The normalized spacial score (nSPS) is 10.6. The van der Waals surface area contributed by atoms with Crippen LogP contribution in [0.1, 0.15) is 9.67 Å². The molecule has 0 aliphatic rings. The maximum Gasteiger partial charge on any atom is 0.348 e. The Kier molecular flexibility index (Phi) is 2.95. The van der Waals surface area contributed by atoms with Crippen molar-refractivity contribution in [1.29, 1.82) is 0 Å². The number of fused-ring (bicyclic) bond motifs is 1. The zero-order valence-electron chi connectivity index (χ0n) is 7.58. The molecule has 3 nitrogen and oxygen atoms in total. The fourth-order valence-electron chi connectivity index (χ4n) is 1.16. The van der Waals surface area contributed by atoms with E-state index in [4.69, 9.17) is 11.6 Å². The molecule has 2 heterocycles. The summed E-state index contributed by atoms with van der Waals surface area (Å²) in [6.07, 6.45) is 1.64. The number of nitrogens with zero attached hydrogens (tertiary/aromatic N) is 1. The van der Waals surface area contributed by atoms with Crippen molar-refractivity contribution in [1.82, 2.24) is 4.98 Å². The Labute approximate surface area is 103 Å². The number of halogens is 2. The fourth-order valence-corrected chi connectivity index (χ4v) is 2.83. The lowest BCUT2D eigenvalue weighted by molar-refractivity contribution is 0.0606. The highest BCUT2D eigenvalue weighted by molar-refractivity contribution is 9.10. The monoisotopic (exact) mass is 305 g/mol. The molecule has 6 heteroatoms. The molecule has 0 aliphatic heterocycles. The lowest BCUT2D eigenvalue weighted by Crippen LogP contribution is -1.96. The number of ether oxygens (including phenoxy) is 1. The molecule has 0 saturated heterocycles. The maximum absolute atomic E-state index is 11.3. The molecule has 2 aromatic rings. The molecule has 0 spiro atoms. The molecule has 0 unspecified atom stereocenters. The summed E-state index contributed by atoms with van der Waals surface area (Å²) < 4.78 is 6.24. The summed E-state index contributed by atoms with van der Waals surface area (Å²) >= 11 is 10.5. The number of rotatable bonds is 1. The topological polar surface area (TPSA) is 39.2 Å². The number of aromatic nitrogens is 1. The van der Waals surface area contributed by atoms with Crippen LogP contribution in [-0.4, -0.2) is 18.1 Å². The van der Waals surface area contributed by atoms with E-state index in [-0.39, 0.29) is 5.97 Å². The summed E-state index contributed by atoms with van der Waals surface area (Å²) in [4.78, 5) is 15.8. The van der Waals surface area contributed by atoms with Crippen molar-refractivity contribution in [3.63, 3.8) is 0 Å². The van der Waals surface area contributed by atoms with E-state index in [1.54, 1.807) is 12.3 Å². The Morgan fingerprint density at radius 1 is 1.67 bits per heavy atom. The van der Waals surface area contributed by atoms with Gasteiger partial charge in [0, 0.05) is 11.6 Å². The van der Waals surface area contributed by atoms with E-state index in [2.05, 4.69) is 25.7 Å². The summed E-state index contributed by atoms with van der Waals surface area (Å²) in [5.41, 5.74) is 0. The van der Waals surface area contributed by atoms with Crippen molar-refractivity contribution in [2.24, 2.45) is 0 Å². The molecule has 15 heavy (non-hydrogen) atoms. The Balaban J connectivity index is 2.66. The molecule has 0 radical (unpaired) electrons. The first-order chi connectivity index (χ1) is 7.13. The number of esters is 1. The van der Waals surface area contributed by atoms with Gasteiger partial charge in [0.25, 0.3) is 0 Å². The highest BCUT2D eigenvalue weighted by Crippen LogP contribution is 2.34. The van der Waals surface area contributed by atoms with Gasteiger partial charge < -0.3 is 4.74 Å². The van der Waals surface area contributed by atoms with Crippen molar-refractivity contribution in [3.05, 3.63) is 26.8 Å². The second-order valence-corrected chi connectivity index (χ2v) is 4.98. The van der Waals surface area contributed by atoms with Crippen LogP contribution >= 0.6 is 38.9 Å². The number of thiophene rings is 1. The molecule has 0 saturated carbocycles. The Hall–Kier alpha value is -0.650. The summed E-state index contributed by atoms with van der Waals surface area (Å²) in [5.74, 6) is -0.348. The van der Waals surface area contributed by atoms with E-state index in [9.17, 15) is 4.79 Å². The van der Waals surface area contributed by atoms with Crippen LogP contribution in [-0.2, 0) is 4.74 Å². The SMILES string of the molecule is COC(=O)c1cc2c(Br)c(Cl)ncc2s1. The van der Waals surface area contributed by atoms with Crippen LogP contribution in [0.2, 0.25) is 5.15 Å². The van der Waals surface area contributed by atoms with Crippen molar-refractivity contribution in [3.8, 4) is 0 Å². The van der Waals surface area contributed by atoms with Gasteiger partial charge >= 0.3 is 5.97 Å². The van der Waals surface area contributed by atoms with Gasteiger partial charge in [0.15, 0.2) is 0 Å². The number of hydrogen-bond acceptors (Lipinski definition) is 4. The van der Waals surface area contributed by atoms with E-state index >= 15 is 0 Å². The third-order valence-corrected chi connectivity index (χ3v) is 4.23. The molecule has 0 amide bonds. The number of methoxy groups -OCH3 is 1. The van der Waals surface area contributed by atoms with Crippen molar-refractivity contribution < 1.29 is 9.53 Å². The minimum Gasteiger partial charge on any atom is -0.465 e. The third-order valence-electron chi connectivity index (χ3n) is 1.86. The molecular formula is C9H5BrClNO2S. The predicted molar refractivity (Wildman–Crippen MR) is 63.7 cm³/mol. The summed E-state index contributed by atoms with van der Waals surface area (Å²) in [6, 6.07) is 1.74. The Morgan fingerprint density at radius 2 is 2.40 bits per heavy atom. The molecule has 0 fully saturated rings. The zero-order chi connectivity index (χ0) is 11.0. The molecule has 0 atom stereocenters. The quantitative estimate of drug-likeness (QED) is 0.598. The first kappa shape index (κ1) is 10.9. The molecule has 0 bridgehead atoms. The smallest absolute Gasteiger partial charge is 0.348 e. The van der Waals surface area contributed by atoms with Crippen LogP contribution in [0, 0.1) is 0 Å². The Bertz CT molecular complexity index is 540. The number of carbonyl (C=O) groups is 1. The van der Waals surface area contributed by atoms with Crippen LogP contribution in [0.15, 0.2) is 16.7 Å². The number of hydrogen-bond donors (Lipinski definition) is 0. The third kappa shape index (κ3) is 1.87. The first-order valence-corrected chi connectivity index (χ1v) is 5.94. The minimum atomic E-state index is -0.348. The second-order valence-electron chi connectivity index (χ2n) is 2.74. The average Bonchev–Trinajstić information content (AvgIpc) is 2.67. The minimum absolute atomic E-state index is 0.348. The summed E-state index contributed by atoms with van der Waals surface area (Å²) in [5, 5.41) is 1.26. The molecule has 78 valence electrons. The van der Waals surface area contributed by atoms with Gasteiger partial charge in [-0.05, 0) is 22.0 Å². The van der Waals surface area contributed by atoms with Crippen LogP contribution in [0.5, 0.6) is 0 Å². The zero-order valence-corrected chi connectivity index (χ0v) is 10.7. The fraction of sp³-hybridized carbons (Fsp3) is 0.111. The predicted octanol–water partition coefficient (Wildman–Crippen LogP) is 3.50. The maximum atomic E-state index is 11.3. The lowest BCUT2D eigenvalue weighted by atomic mass is 10.3. The van der Waals surface area contributed by atoms with E-state index in [1.165, 1.54) is 18.4 Å². The lowest BCUT2D eigenvalue weighted by Gasteiger charge is -1.94. The molecule has 0 N–H and O–H groups in total. The van der Waals surface area contributed by atoms with Crippen LogP contribution < -0.4 is 0 Å². The first-order valence-electron chi connectivity index (χ1n) is 3.95. The molecule has 0 aromatic carbocycles. The highest BCUT2D eigenvalue weighted by atomic mass is 79.9. The van der Waals surface area contributed by atoms with Gasteiger partial charge in [0.1, 0.15) is 10.0 Å². The number of pyridine rings is 1. The molecule has 2 aromatic heterocycles. The van der Waals surface area contributed by atoms with Gasteiger partial charge in [-0.15, -0.1) is 11.3 Å². The van der Waals surface area contributed by atoms with E-state index in [0.717, 1.165) is 10.1 Å². The van der Waals surface area contributed by atoms with Crippen molar-refractivity contribution in [2.75, 3.05) is 7.11 Å². The largest absolute Gasteiger partial charge is 0.465 e. The van der Waals surface area contributed by atoms with Gasteiger partial charge in [-0.2, -0.15) is 0 Å². The standard InChI is InChI=1S/C9H5BrClNO2S/c1-14-9(13)5-2-4-6(15-5)3-12-8(11)7(4)10/h2-3H,1H3. The van der Waals surface area contributed by atoms with Gasteiger partial charge in [-0.3, -0.25) is 0 Å². The average molecular weight is 307 g/mol. The van der Waals surface area contributed by atoms with Gasteiger partial charge in [-0.25, -0.2) is 9.78 Å². The van der Waals surface area contributed by atoms with Crippen molar-refractivity contribution in [2.45, 2.75) is 0 Å². The van der Waals surface area contributed by atoms with Crippen LogP contribution in [0.3, 0.4) is 0 Å².